The largest absolute Gasteiger partial charge is 0.497 e. The van der Waals surface area contributed by atoms with Crippen molar-refractivity contribution < 1.29 is 24.2 Å². The summed E-state index contributed by atoms with van der Waals surface area (Å²) < 4.78 is 11.4. The van der Waals surface area contributed by atoms with Crippen molar-refractivity contribution in [1.82, 2.24) is 9.88 Å². The van der Waals surface area contributed by atoms with Gasteiger partial charge in [-0.15, -0.1) is 11.3 Å². The van der Waals surface area contributed by atoms with Crippen molar-refractivity contribution in [2.24, 2.45) is 0 Å². The average molecular weight is 438 g/mol. The number of thiazole rings is 1. The Morgan fingerprint density at radius 2 is 2.24 bits per heavy atom. The predicted molar refractivity (Wildman–Crippen MR) is 113 cm³/mol. The molecule has 1 aromatic heterocycles. The highest BCUT2D eigenvalue weighted by Gasteiger charge is 2.30. The van der Waals surface area contributed by atoms with E-state index in [1.807, 2.05) is 23.1 Å². The molecule has 1 saturated heterocycles. The number of hydrogen-bond acceptors (Lipinski definition) is 8. The van der Waals surface area contributed by atoms with E-state index < -0.39 is 5.97 Å². The maximum absolute atomic E-state index is 12.3. The second-order valence-corrected chi connectivity index (χ2v) is 8.58. The Labute approximate surface area is 177 Å². The summed E-state index contributed by atoms with van der Waals surface area (Å²) in [5.41, 5.74) is 0.883. The molecule has 1 amide bonds. The van der Waals surface area contributed by atoms with E-state index in [0.29, 0.717) is 29.6 Å². The van der Waals surface area contributed by atoms with Crippen LogP contribution in [-0.4, -0.2) is 66.0 Å². The Morgan fingerprint density at radius 3 is 2.93 bits per heavy atom. The van der Waals surface area contributed by atoms with Crippen LogP contribution >= 0.6 is 23.1 Å². The summed E-state index contributed by atoms with van der Waals surface area (Å²) in [6.07, 6.45) is 1.33. The van der Waals surface area contributed by atoms with Crippen molar-refractivity contribution in [3.8, 4) is 11.5 Å². The van der Waals surface area contributed by atoms with Crippen LogP contribution < -0.4 is 14.8 Å². The quantitative estimate of drug-likeness (QED) is 0.547. The van der Waals surface area contributed by atoms with Crippen LogP contribution in [0.2, 0.25) is 0 Å². The number of ether oxygens (including phenoxy) is 2. The molecule has 1 unspecified atom stereocenters. The van der Waals surface area contributed by atoms with Crippen LogP contribution in [0.3, 0.4) is 0 Å². The van der Waals surface area contributed by atoms with E-state index in [1.165, 1.54) is 28.5 Å². The molecule has 0 aliphatic carbocycles. The van der Waals surface area contributed by atoms with Crippen molar-refractivity contribution in [1.29, 1.82) is 0 Å². The number of likely N-dealkylation sites (tertiary alicyclic amines) is 1. The van der Waals surface area contributed by atoms with E-state index >= 15 is 0 Å². The lowest BCUT2D eigenvalue weighted by Crippen LogP contribution is -2.39. The lowest BCUT2D eigenvalue weighted by atomic mass is 10.2. The first-order valence-corrected chi connectivity index (χ1v) is 11.0. The first kappa shape index (κ1) is 21.3. The number of anilines is 1. The van der Waals surface area contributed by atoms with Crippen LogP contribution in [-0.2, 0) is 4.79 Å². The predicted octanol–water partition coefficient (Wildman–Crippen LogP) is 3.05. The van der Waals surface area contributed by atoms with Gasteiger partial charge in [0.15, 0.2) is 10.0 Å². The Kier molecular flexibility index (Phi) is 7.21. The van der Waals surface area contributed by atoms with E-state index in [1.54, 1.807) is 14.2 Å². The molecular weight excluding hydrogens is 414 g/mol. The second-order valence-electron chi connectivity index (χ2n) is 6.38. The van der Waals surface area contributed by atoms with Gasteiger partial charge in [-0.05, 0) is 18.6 Å². The average Bonchev–Trinajstić information content (AvgIpc) is 3.33. The van der Waals surface area contributed by atoms with Gasteiger partial charge in [0.25, 0.3) is 0 Å². The highest BCUT2D eigenvalue weighted by Crippen LogP contribution is 2.30. The van der Waals surface area contributed by atoms with Gasteiger partial charge in [0, 0.05) is 42.8 Å². The number of methoxy groups -OCH3 is 2. The van der Waals surface area contributed by atoms with Crippen molar-refractivity contribution in [3.05, 3.63) is 29.3 Å². The molecule has 3 rings (SSSR count). The molecule has 2 aromatic rings. The van der Waals surface area contributed by atoms with Crippen molar-refractivity contribution in [2.45, 2.75) is 23.2 Å². The molecule has 29 heavy (non-hydrogen) atoms. The minimum Gasteiger partial charge on any atom is -0.497 e. The minimum absolute atomic E-state index is 0.0593. The van der Waals surface area contributed by atoms with Crippen LogP contribution in [0.5, 0.6) is 11.5 Å². The number of carboxylic acids is 1. The zero-order chi connectivity index (χ0) is 20.8. The van der Waals surface area contributed by atoms with Gasteiger partial charge in [0.1, 0.15) is 11.5 Å². The van der Waals surface area contributed by atoms with Crippen LogP contribution in [0.15, 0.2) is 27.9 Å². The van der Waals surface area contributed by atoms with Gasteiger partial charge < -0.3 is 24.8 Å². The number of carbonyl (C=O) groups is 2. The standard InChI is InChI=1S/C19H23N3O5S2/c1-26-13-4-5-16(27-2)14(9-13)20-10-12-3-6-17(23)22(12)7-8-28-19-21-15(11-29-19)18(24)25/h4-5,9,11-12,20H,3,6-8,10H2,1-2H3,(H,24,25). The molecule has 0 spiro atoms. The molecule has 1 fully saturated rings. The number of nitrogens with zero attached hydrogens (tertiary/aromatic N) is 2. The summed E-state index contributed by atoms with van der Waals surface area (Å²) in [6, 6.07) is 5.64. The van der Waals surface area contributed by atoms with E-state index in [9.17, 15) is 9.59 Å². The third-order valence-corrected chi connectivity index (χ3v) is 6.65. The van der Waals surface area contributed by atoms with Gasteiger partial charge in [0.2, 0.25) is 5.91 Å². The number of nitrogens with one attached hydrogen (secondary N) is 1. The minimum atomic E-state index is -1.03. The van der Waals surface area contributed by atoms with E-state index in [2.05, 4.69) is 10.3 Å². The smallest absolute Gasteiger partial charge is 0.355 e. The summed E-state index contributed by atoms with van der Waals surface area (Å²) in [5, 5.41) is 13.8. The molecule has 156 valence electrons. The summed E-state index contributed by atoms with van der Waals surface area (Å²) in [5.74, 6) is 1.22. The Balaban J connectivity index is 1.55. The lowest BCUT2D eigenvalue weighted by molar-refractivity contribution is -0.128. The highest BCUT2D eigenvalue weighted by atomic mass is 32.2. The van der Waals surface area contributed by atoms with Crippen molar-refractivity contribution >= 4 is 40.7 Å². The third kappa shape index (κ3) is 5.33. The fraction of sp³-hybridized carbons (Fsp3) is 0.421. The molecular formula is C19H23N3O5S2. The van der Waals surface area contributed by atoms with Gasteiger partial charge in [0.05, 0.1) is 19.9 Å². The summed E-state index contributed by atoms with van der Waals surface area (Å²) in [4.78, 5) is 29.2. The molecule has 0 saturated carbocycles. The zero-order valence-corrected chi connectivity index (χ0v) is 17.8. The fourth-order valence-corrected chi connectivity index (χ4v) is 4.95. The van der Waals surface area contributed by atoms with Gasteiger partial charge in [-0.2, -0.15) is 0 Å². The monoisotopic (exact) mass is 437 g/mol. The third-order valence-electron chi connectivity index (χ3n) is 4.65. The van der Waals surface area contributed by atoms with Crippen molar-refractivity contribution in [2.75, 3.05) is 38.4 Å². The molecule has 1 aliphatic rings. The zero-order valence-electron chi connectivity index (χ0n) is 16.2. The summed E-state index contributed by atoms with van der Waals surface area (Å²) in [6.45, 7) is 1.20. The number of amides is 1. The Hall–Kier alpha value is -2.46. The molecule has 1 atom stereocenters. The normalized spacial score (nSPS) is 16.1. The van der Waals surface area contributed by atoms with Gasteiger partial charge in [-0.1, -0.05) is 11.8 Å². The first-order chi connectivity index (χ1) is 14.0. The van der Waals surface area contributed by atoms with Gasteiger partial charge in [-0.25, -0.2) is 9.78 Å². The lowest BCUT2D eigenvalue weighted by Gasteiger charge is -2.25. The number of aromatic carboxylic acids is 1. The molecule has 0 radical (unpaired) electrons. The van der Waals surface area contributed by atoms with E-state index in [-0.39, 0.29) is 17.6 Å². The molecule has 2 heterocycles. The topological polar surface area (TPSA) is 101 Å². The molecule has 1 aliphatic heterocycles. The number of benzene rings is 1. The van der Waals surface area contributed by atoms with Crippen LogP contribution in [0, 0.1) is 0 Å². The molecule has 2 N–H and O–H groups in total. The van der Waals surface area contributed by atoms with Crippen LogP contribution in [0.25, 0.3) is 0 Å². The number of carbonyl (C=O) groups excluding carboxylic acids is 1. The Bertz CT molecular complexity index is 873. The van der Waals surface area contributed by atoms with Gasteiger partial charge in [-0.3, -0.25) is 4.79 Å². The number of thioether (sulfide) groups is 1. The first-order valence-electron chi connectivity index (χ1n) is 9.08. The number of hydrogen-bond donors (Lipinski definition) is 2. The van der Waals surface area contributed by atoms with E-state index in [4.69, 9.17) is 14.6 Å². The second kappa shape index (κ2) is 9.84. The van der Waals surface area contributed by atoms with Crippen molar-refractivity contribution in [3.63, 3.8) is 0 Å². The number of rotatable bonds is 10. The summed E-state index contributed by atoms with van der Waals surface area (Å²) in [7, 11) is 3.23. The number of carboxylic acid groups (broad SMARTS) is 1. The SMILES string of the molecule is COc1ccc(OC)c(NCC2CCC(=O)N2CCSc2nc(C(=O)O)cs2)c1. The molecule has 10 heteroatoms. The Morgan fingerprint density at radius 1 is 1.41 bits per heavy atom. The fourth-order valence-electron chi connectivity index (χ4n) is 3.15. The molecule has 8 nitrogen and oxygen atoms in total. The van der Waals surface area contributed by atoms with Crippen LogP contribution in [0.1, 0.15) is 23.3 Å². The maximum atomic E-state index is 12.3. The van der Waals surface area contributed by atoms with Gasteiger partial charge >= 0.3 is 5.97 Å². The molecule has 0 bridgehead atoms. The summed E-state index contributed by atoms with van der Waals surface area (Å²) >= 11 is 2.77. The number of aromatic nitrogens is 1. The van der Waals surface area contributed by atoms with E-state index in [0.717, 1.165) is 23.6 Å². The highest BCUT2D eigenvalue weighted by molar-refractivity contribution is 8.01. The maximum Gasteiger partial charge on any atom is 0.355 e. The molecule has 1 aromatic carbocycles. The van der Waals surface area contributed by atoms with Crippen LogP contribution in [0.4, 0.5) is 5.69 Å².